The monoisotopic (exact) mass is 627 g/mol. The predicted molar refractivity (Wildman–Crippen MR) is 165 cm³/mol. The maximum atomic E-state index is 13.4. The number of aliphatic carboxylic acids is 4. The number of fused-ring (bicyclic) bond motifs is 2. The first-order valence-electron chi connectivity index (χ1n) is 13.9. The van der Waals surface area contributed by atoms with E-state index in [1.54, 1.807) is 11.8 Å². The largest absolute Gasteiger partial charge is 0.478 e. The van der Waals surface area contributed by atoms with Gasteiger partial charge < -0.3 is 25.3 Å². The number of rotatable bonds is 10. The highest BCUT2D eigenvalue weighted by Crippen LogP contribution is 2.47. The van der Waals surface area contributed by atoms with E-state index >= 15 is 0 Å². The average Bonchev–Trinajstić information content (AvgIpc) is 3.00. The summed E-state index contributed by atoms with van der Waals surface area (Å²) in [7, 11) is 0. The molecular formula is C31H37N3O9S. The molecule has 0 atom stereocenters. The molecule has 0 aromatic heterocycles. The third-order valence-electron chi connectivity index (χ3n) is 6.41. The van der Waals surface area contributed by atoms with Crippen LogP contribution in [0.3, 0.4) is 0 Å². The molecule has 12 nitrogen and oxygen atoms in total. The van der Waals surface area contributed by atoms with Crippen molar-refractivity contribution in [1.29, 1.82) is 0 Å². The van der Waals surface area contributed by atoms with E-state index in [0.717, 1.165) is 40.8 Å². The van der Waals surface area contributed by atoms with E-state index in [1.165, 1.54) is 32.4 Å². The zero-order valence-electron chi connectivity index (χ0n) is 24.4. The number of carbonyl (C=O) groups is 5. The van der Waals surface area contributed by atoms with Gasteiger partial charge in [0.2, 0.25) is 5.91 Å². The molecule has 1 fully saturated rings. The number of benzene rings is 2. The lowest BCUT2D eigenvalue weighted by atomic mass is 10.1. The summed E-state index contributed by atoms with van der Waals surface area (Å²) in [5, 5.41) is 31.2. The van der Waals surface area contributed by atoms with Crippen LogP contribution in [0.5, 0.6) is 0 Å². The van der Waals surface area contributed by atoms with Crippen molar-refractivity contribution in [3.63, 3.8) is 0 Å². The lowest BCUT2D eigenvalue weighted by molar-refractivity contribution is -0.134. The molecule has 1 saturated heterocycles. The van der Waals surface area contributed by atoms with E-state index in [4.69, 9.17) is 20.4 Å². The van der Waals surface area contributed by atoms with Crippen LogP contribution >= 0.6 is 11.8 Å². The Bertz CT molecular complexity index is 1240. The molecule has 44 heavy (non-hydrogen) atoms. The van der Waals surface area contributed by atoms with E-state index in [2.05, 4.69) is 41.0 Å². The summed E-state index contributed by atoms with van der Waals surface area (Å²) in [5.41, 5.74) is 2.01. The number of carbonyl (C=O) groups excluding carboxylic acids is 1. The highest BCUT2D eigenvalue weighted by Gasteiger charge is 2.28. The van der Waals surface area contributed by atoms with Crippen LogP contribution in [0.2, 0.25) is 0 Å². The molecule has 0 bridgehead atoms. The zero-order valence-corrected chi connectivity index (χ0v) is 25.2. The van der Waals surface area contributed by atoms with Crippen molar-refractivity contribution in [1.82, 2.24) is 9.80 Å². The molecule has 2 aromatic rings. The van der Waals surface area contributed by atoms with Crippen molar-refractivity contribution >= 4 is 52.9 Å². The Morgan fingerprint density at radius 2 is 1.16 bits per heavy atom. The fourth-order valence-corrected chi connectivity index (χ4v) is 5.39. The van der Waals surface area contributed by atoms with Crippen LogP contribution < -0.4 is 4.90 Å². The van der Waals surface area contributed by atoms with Gasteiger partial charge >= 0.3 is 23.9 Å². The van der Waals surface area contributed by atoms with Gasteiger partial charge in [-0.1, -0.05) is 49.4 Å². The summed E-state index contributed by atoms with van der Waals surface area (Å²) in [4.78, 5) is 60.7. The molecule has 1 amide bonds. The fraction of sp³-hybridized carbons (Fsp3) is 0.323. The van der Waals surface area contributed by atoms with E-state index in [-0.39, 0.29) is 5.91 Å². The SMILES string of the molecule is CCN(CCN1CCCCC1)CC(=O)N1c2ccccc2Sc2ccccc21.O=C(O)/C=C\C(=O)O.O=C(O)/C=C\C(=O)O. The zero-order chi connectivity index (χ0) is 32.5. The van der Waals surface area contributed by atoms with Gasteiger partial charge in [0.1, 0.15) is 0 Å². The first-order chi connectivity index (χ1) is 21.0. The molecule has 0 radical (unpaired) electrons. The molecule has 13 heteroatoms. The highest BCUT2D eigenvalue weighted by atomic mass is 32.2. The molecular weight excluding hydrogens is 590 g/mol. The molecule has 0 unspecified atom stereocenters. The summed E-state index contributed by atoms with van der Waals surface area (Å²) in [5.74, 6) is -4.87. The molecule has 2 aliphatic heterocycles. The molecule has 2 heterocycles. The predicted octanol–water partition coefficient (Wildman–Crippen LogP) is 4.05. The van der Waals surface area contributed by atoms with Crippen molar-refractivity contribution in [2.24, 2.45) is 0 Å². The number of nitrogens with zero attached hydrogens (tertiary/aromatic N) is 3. The van der Waals surface area contributed by atoms with Gasteiger partial charge in [-0.25, -0.2) is 19.2 Å². The molecule has 4 N–H and O–H groups in total. The van der Waals surface area contributed by atoms with Gasteiger partial charge in [-0.15, -0.1) is 0 Å². The van der Waals surface area contributed by atoms with Crippen LogP contribution in [0.4, 0.5) is 11.4 Å². The topological polar surface area (TPSA) is 176 Å². The number of hydrogen-bond acceptors (Lipinski definition) is 8. The molecule has 0 aliphatic carbocycles. The van der Waals surface area contributed by atoms with Gasteiger partial charge in [-0.2, -0.15) is 0 Å². The quantitative estimate of drug-likeness (QED) is 0.279. The number of carboxylic acids is 4. The summed E-state index contributed by atoms with van der Waals surface area (Å²) >= 11 is 1.74. The second kappa shape index (κ2) is 18.9. The normalized spacial score (nSPS) is 14.1. The second-order valence-electron chi connectivity index (χ2n) is 9.56. The first kappa shape index (κ1) is 35.7. The van der Waals surface area contributed by atoms with Crippen LogP contribution in [-0.4, -0.2) is 99.3 Å². The van der Waals surface area contributed by atoms with E-state index in [9.17, 15) is 24.0 Å². The Kier molecular flexibility index (Phi) is 15.4. The Labute approximate surface area is 259 Å². The lowest BCUT2D eigenvalue weighted by Gasteiger charge is -2.33. The van der Waals surface area contributed by atoms with Crippen molar-refractivity contribution in [2.45, 2.75) is 36.0 Å². The molecule has 236 valence electrons. The standard InChI is InChI=1S/C23H29N3OS.2C4H4O4/c1-2-24(16-17-25-14-8-3-9-15-25)18-23(27)26-19-10-4-6-12-21(19)28-22-13-7-5-11-20(22)26;2*5-3(6)1-2-4(7)8/h4-7,10-13H,2-3,8-9,14-18H2,1H3;2*1-2H,(H,5,6)(H,7,8)/b;2*2-1-. The number of piperidine rings is 1. The fourth-order valence-electron chi connectivity index (χ4n) is 4.34. The van der Waals surface area contributed by atoms with Gasteiger partial charge in [-0.3, -0.25) is 14.6 Å². The number of amides is 1. The number of carboxylic acid groups (broad SMARTS) is 4. The summed E-state index contributed by atoms with van der Waals surface area (Å²) in [6.45, 7) is 7.92. The number of likely N-dealkylation sites (tertiary alicyclic amines) is 1. The molecule has 0 spiro atoms. The van der Waals surface area contributed by atoms with Crippen LogP contribution in [0.15, 0.2) is 82.6 Å². The Balaban J connectivity index is 0.000000349. The number of likely N-dealkylation sites (N-methyl/N-ethyl adjacent to an activating group) is 1. The highest BCUT2D eigenvalue weighted by molar-refractivity contribution is 7.99. The minimum atomic E-state index is -1.26. The minimum Gasteiger partial charge on any atom is -0.478 e. The van der Waals surface area contributed by atoms with Gasteiger partial charge in [0.25, 0.3) is 0 Å². The van der Waals surface area contributed by atoms with E-state index in [1.807, 2.05) is 29.2 Å². The number of anilines is 2. The van der Waals surface area contributed by atoms with Crippen molar-refractivity contribution in [3.8, 4) is 0 Å². The first-order valence-corrected chi connectivity index (χ1v) is 14.7. The second-order valence-corrected chi connectivity index (χ2v) is 10.6. The molecule has 4 rings (SSSR count). The van der Waals surface area contributed by atoms with Crippen LogP contribution in [0.25, 0.3) is 0 Å². The van der Waals surface area contributed by atoms with Gasteiger partial charge in [0.15, 0.2) is 0 Å². The Morgan fingerprint density at radius 3 is 1.57 bits per heavy atom. The minimum absolute atomic E-state index is 0.153. The number of hydrogen-bond donors (Lipinski definition) is 4. The average molecular weight is 628 g/mol. The third kappa shape index (κ3) is 12.8. The maximum absolute atomic E-state index is 13.4. The summed E-state index contributed by atoms with van der Waals surface area (Å²) in [6, 6.07) is 16.4. The molecule has 2 aliphatic rings. The van der Waals surface area contributed by atoms with Crippen molar-refractivity contribution < 1.29 is 44.4 Å². The Morgan fingerprint density at radius 1 is 0.727 bits per heavy atom. The number of para-hydroxylation sites is 2. The van der Waals surface area contributed by atoms with Crippen LogP contribution in [0, 0.1) is 0 Å². The maximum Gasteiger partial charge on any atom is 0.328 e. The Hall–Kier alpha value is -4.46. The van der Waals surface area contributed by atoms with E-state index in [0.29, 0.717) is 30.8 Å². The van der Waals surface area contributed by atoms with Crippen molar-refractivity contribution in [3.05, 3.63) is 72.8 Å². The van der Waals surface area contributed by atoms with Gasteiger partial charge in [0, 0.05) is 47.2 Å². The lowest BCUT2D eigenvalue weighted by Crippen LogP contribution is -2.43. The smallest absolute Gasteiger partial charge is 0.328 e. The molecule has 2 aromatic carbocycles. The summed E-state index contributed by atoms with van der Waals surface area (Å²) in [6.07, 6.45) is 6.21. The van der Waals surface area contributed by atoms with Crippen LogP contribution in [0.1, 0.15) is 26.2 Å². The van der Waals surface area contributed by atoms with Gasteiger partial charge in [0.05, 0.1) is 17.9 Å². The van der Waals surface area contributed by atoms with Crippen LogP contribution in [-0.2, 0) is 24.0 Å². The van der Waals surface area contributed by atoms with E-state index < -0.39 is 23.9 Å². The summed E-state index contributed by atoms with van der Waals surface area (Å²) < 4.78 is 0. The van der Waals surface area contributed by atoms with Crippen molar-refractivity contribution in [2.75, 3.05) is 44.2 Å². The third-order valence-corrected chi connectivity index (χ3v) is 7.54. The molecule has 0 saturated carbocycles. The van der Waals surface area contributed by atoms with Gasteiger partial charge in [-0.05, 0) is 56.7 Å².